The maximum absolute atomic E-state index is 12.9. The van der Waals surface area contributed by atoms with E-state index in [0.717, 1.165) is 37.7 Å². The lowest BCUT2D eigenvalue weighted by atomic mass is 9.32. The third-order valence-electron chi connectivity index (χ3n) is 14.5. The molecular weight excluding hydrogens is 532 g/mol. The van der Waals surface area contributed by atoms with Crippen LogP contribution in [0.5, 0.6) is 0 Å². The zero-order valence-corrected chi connectivity index (χ0v) is 27.3. The van der Waals surface area contributed by atoms with Crippen LogP contribution in [-0.2, 0) is 9.53 Å². The summed E-state index contributed by atoms with van der Waals surface area (Å²) in [5.41, 5.74) is -2.05. The summed E-state index contributed by atoms with van der Waals surface area (Å²) >= 11 is 0. The number of hydrogen-bond acceptors (Lipinski definition) is 7. The summed E-state index contributed by atoms with van der Waals surface area (Å²) in [6.45, 7) is 18.0. The van der Waals surface area contributed by atoms with Gasteiger partial charge < -0.3 is 30.3 Å². The summed E-state index contributed by atoms with van der Waals surface area (Å²) in [6.07, 6.45) is 3.39. The molecule has 4 saturated carbocycles. The highest BCUT2D eigenvalue weighted by molar-refractivity contribution is 5.87. The van der Waals surface area contributed by atoms with E-state index in [4.69, 9.17) is 4.74 Å². The Hall–Kier alpha value is -1.25. The van der Waals surface area contributed by atoms with Crippen molar-refractivity contribution >= 4 is 5.97 Å². The van der Waals surface area contributed by atoms with Gasteiger partial charge in [0.2, 0.25) is 0 Å². The van der Waals surface area contributed by atoms with Gasteiger partial charge in [0.1, 0.15) is 12.2 Å². The number of fused-ring (bicyclic) bond motifs is 7. The van der Waals surface area contributed by atoms with Crippen LogP contribution < -0.4 is 0 Å². The van der Waals surface area contributed by atoms with Crippen molar-refractivity contribution in [3.63, 3.8) is 0 Å². The molecule has 0 aromatic heterocycles. The quantitative estimate of drug-likeness (QED) is 0.186. The Labute approximate surface area is 252 Å². The molecule has 0 spiro atoms. The fourth-order valence-corrected chi connectivity index (χ4v) is 11.5. The molecule has 0 heterocycles. The molecule has 238 valence electrons. The Kier molecular flexibility index (Phi) is 7.56. The van der Waals surface area contributed by atoms with Gasteiger partial charge in [0.05, 0.1) is 30.3 Å². The molecule has 7 nitrogen and oxygen atoms in total. The molecule has 0 unspecified atom stereocenters. The van der Waals surface area contributed by atoms with E-state index in [2.05, 4.69) is 40.7 Å². The molecular formula is C35H56O7. The highest BCUT2D eigenvalue weighted by atomic mass is 16.6. The Morgan fingerprint density at radius 2 is 1.60 bits per heavy atom. The average Bonchev–Trinajstić information content (AvgIpc) is 2.92. The van der Waals surface area contributed by atoms with Crippen LogP contribution in [0.1, 0.15) is 101 Å². The van der Waals surface area contributed by atoms with Crippen molar-refractivity contribution in [3.8, 4) is 0 Å². The van der Waals surface area contributed by atoms with Gasteiger partial charge >= 0.3 is 5.97 Å². The zero-order valence-electron chi connectivity index (χ0n) is 27.3. The molecule has 5 aliphatic carbocycles. The third kappa shape index (κ3) is 3.79. The van der Waals surface area contributed by atoms with Crippen LogP contribution in [0.3, 0.4) is 0 Å². The molecule has 0 aliphatic heterocycles. The molecule has 42 heavy (non-hydrogen) atoms. The molecule has 7 heteroatoms. The van der Waals surface area contributed by atoms with E-state index >= 15 is 0 Å². The molecule has 4 fully saturated rings. The molecule has 0 amide bonds. The van der Waals surface area contributed by atoms with Gasteiger partial charge in [-0.1, -0.05) is 66.2 Å². The first kappa shape index (κ1) is 32.2. The largest absolute Gasteiger partial charge is 0.456 e. The average molecular weight is 589 g/mol. The SMILES string of the molecule is C/C=C(/C)C(=O)O[C@H]1[C@H](O)[C@]2(CO)[C@H](O)[C@H](O)[C@]3(C)C(=CC[C@@H]4[C@@]5(C)CC[C@H](O)C(C)(C)[C@@H]5CC[C@]43C)[C@@H]2CC1(C)C. The Balaban J connectivity index is 1.62. The lowest BCUT2D eigenvalue weighted by Gasteiger charge is -2.73. The zero-order chi connectivity index (χ0) is 31.4. The van der Waals surface area contributed by atoms with Crippen molar-refractivity contribution in [1.29, 1.82) is 0 Å². The summed E-state index contributed by atoms with van der Waals surface area (Å²) in [5, 5.41) is 58.4. The summed E-state index contributed by atoms with van der Waals surface area (Å²) < 4.78 is 5.90. The van der Waals surface area contributed by atoms with E-state index in [1.54, 1.807) is 19.9 Å². The third-order valence-corrected chi connectivity index (χ3v) is 14.5. The van der Waals surface area contributed by atoms with Crippen LogP contribution in [0, 0.1) is 50.2 Å². The van der Waals surface area contributed by atoms with Crippen LogP contribution in [0.4, 0.5) is 0 Å². The molecule has 5 aliphatic rings. The Bertz CT molecular complexity index is 1170. The van der Waals surface area contributed by atoms with Gasteiger partial charge in [0, 0.05) is 16.4 Å². The second kappa shape index (κ2) is 9.87. The molecule has 0 aromatic rings. The number of esters is 1. The van der Waals surface area contributed by atoms with Crippen molar-refractivity contribution in [2.45, 2.75) is 131 Å². The smallest absolute Gasteiger partial charge is 0.333 e. The van der Waals surface area contributed by atoms with Crippen LogP contribution in [0.15, 0.2) is 23.3 Å². The van der Waals surface area contributed by atoms with Gasteiger partial charge in [-0.05, 0) is 86.4 Å². The minimum absolute atomic E-state index is 0.0355. The highest BCUT2D eigenvalue weighted by Crippen LogP contribution is 2.75. The molecule has 0 saturated heterocycles. The molecule has 0 bridgehead atoms. The summed E-state index contributed by atoms with van der Waals surface area (Å²) in [5.74, 6) is -0.345. The van der Waals surface area contributed by atoms with Crippen LogP contribution in [-0.4, -0.2) is 68.6 Å². The number of aliphatic hydroxyl groups excluding tert-OH is 5. The maximum Gasteiger partial charge on any atom is 0.333 e. The lowest BCUT2D eigenvalue weighted by molar-refractivity contribution is -0.289. The van der Waals surface area contributed by atoms with Crippen LogP contribution in [0.2, 0.25) is 0 Å². The first-order valence-electron chi connectivity index (χ1n) is 16.2. The highest BCUT2D eigenvalue weighted by Gasteiger charge is 2.75. The number of carbonyl (C=O) groups excluding carboxylic acids is 1. The number of carbonyl (C=O) groups is 1. The van der Waals surface area contributed by atoms with Gasteiger partial charge in [-0.15, -0.1) is 0 Å². The van der Waals surface area contributed by atoms with E-state index in [-0.39, 0.29) is 28.3 Å². The van der Waals surface area contributed by atoms with Crippen molar-refractivity contribution in [3.05, 3.63) is 23.3 Å². The number of aliphatic hydroxyl groups is 5. The van der Waals surface area contributed by atoms with Crippen LogP contribution >= 0.6 is 0 Å². The first-order valence-corrected chi connectivity index (χ1v) is 16.2. The molecule has 0 aromatic carbocycles. The van der Waals surface area contributed by atoms with E-state index < -0.39 is 59.2 Å². The fraction of sp³-hybridized carbons (Fsp3) is 0.857. The van der Waals surface area contributed by atoms with Gasteiger partial charge in [-0.25, -0.2) is 4.79 Å². The van der Waals surface area contributed by atoms with Crippen molar-refractivity contribution in [1.82, 2.24) is 0 Å². The molecule has 5 N–H and O–H groups in total. The van der Waals surface area contributed by atoms with Gasteiger partial charge in [0.15, 0.2) is 0 Å². The second-order valence-corrected chi connectivity index (χ2v) is 16.7. The van der Waals surface area contributed by atoms with Crippen LogP contribution in [0.25, 0.3) is 0 Å². The van der Waals surface area contributed by atoms with Gasteiger partial charge in [-0.3, -0.25) is 0 Å². The van der Waals surface area contributed by atoms with E-state index in [9.17, 15) is 30.3 Å². The van der Waals surface area contributed by atoms with Gasteiger partial charge in [0.25, 0.3) is 0 Å². The second-order valence-electron chi connectivity index (χ2n) is 16.7. The fourth-order valence-electron chi connectivity index (χ4n) is 11.5. The number of rotatable bonds is 3. The van der Waals surface area contributed by atoms with Crippen molar-refractivity contribution < 1.29 is 35.1 Å². The van der Waals surface area contributed by atoms with E-state index in [1.165, 1.54) is 0 Å². The monoisotopic (exact) mass is 588 g/mol. The Morgan fingerprint density at radius 1 is 0.952 bits per heavy atom. The van der Waals surface area contributed by atoms with Gasteiger partial charge in [-0.2, -0.15) is 0 Å². The Morgan fingerprint density at radius 3 is 2.19 bits per heavy atom. The maximum atomic E-state index is 12.9. The molecule has 5 rings (SSSR count). The van der Waals surface area contributed by atoms with E-state index in [1.807, 2.05) is 13.8 Å². The molecule has 12 atom stereocenters. The standard InChI is InChI=1S/C35H56O7/c1-10-19(2)29(41)42-28-27(40)35(18-36)21(17-30(28,3)4)20-11-12-23-32(7)15-14-24(37)31(5,6)22(32)13-16-33(23,8)34(20,9)25(38)26(35)39/h10-11,21-28,36-40H,12-18H2,1-9H3/b19-10-/t21-,22-,23+,24-,25-,26+,27-,28-,32-,33+,34-,35-/m0/s1. The topological polar surface area (TPSA) is 127 Å². The first-order chi connectivity index (χ1) is 19.3. The summed E-state index contributed by atoms with van der Waals surface area (Å²) in [6, 6.07) is 0. The minimum atomic E-state index is -1.48. The number of ether oxygens (including phenoxy) is 1. The summed E-state index contributed by atoms with van der Waals surface area (Å²) in [4.78, 5) is 12.9. The normalized spacial score (nSPS) is 51.3. The minimum Gasteiger partial charge on any atom is -0.456 e. The molecule has 0 radical (unpaired) electrons. The van der Waals surface area contributed by atoms with Crippen molar-refractivity contribution in [2.75, 3.05) is 6.61 Å². The predicted octanol–water partition coefficient (Wildman–Crippen LogP) is 4.54. The lowest BCUT2D eigenvalue weighted by Crippen LogP contribution is -2.76. The number of allylic oxidation sites excluding steroid dienone is 2. The number of hydrogen-bond donors (Lipinski definition) is 5. The summed E-state index contributed by atoms with van der Waals surface area (Å²) in [7, 11) is 0. The van der Waals surface area contributed by atoms with Crippen molar-refractivity contribution in [2.24, 2.45) is 50.2 Å². The predicted molar refractivity (Wildman–Crippen MR) is 161 cm³/mol. The van der Waals surface area contributed by atoms with E-state index in [0.29, 0.717) is 17.9 Å².